The van der Waals surface area contributed by atoms with E-state index in [0.717, 1.165) is 0 Å². The Kier molecular flexibility index (Phi) is 3.61. The van der Waals surface area contributed by atoms with E-state index in [1.165, 1.54) is 41.9 Å². The number of rotatable bonds is 0. The Morgan fingerprint density at radius 3 is 1.74 bits per heavy atom. The van der Waals surface area contributed by atoms with Gasteiger partial charge in [-0.2, -0.15) is 0 Å². The molecule has 3 heteroatoms. The predicted octanol–water partition coefficient (Wildman–Crippen LogP) is 6.55. The van der Waals surface area contributed by atoms with Gasteiger partial charge in [-0.1, -0.05) is 84.2 Å². The summed E-state index contributed by atoms with van der Waals surface area (Å²) in [4.78, 5) is 5.49. The topological polar surface area (TPSA) is 12.5 Å². The molecule has 27 heavy (non-hydrogen) atoms. The molecule has 2 aliphatic heterocycles. The van der Waals surface area contributed by atoms with Gasteiger partial charge in [-0.05, 0) is 46.5 Å². The van der Waals surface area contributed by atoms with E-state index >= 15 is 0 Å². The highest BCUT2D eigenvalue weighted by molar-refractivity contribution is 8.05. The van der Waals surface area contributed by atoms with Crippen molar-refractivity contribution in [1.82, 2.24) is 0 Å². The Hall–Kier alpha value is -2.20. The molecule has 4 aliphatic rings. The molecule has 0 saturated carbocycles. The Morgan fingerprint density at radius 2 is 1.15 bits per heavy atom. The predicted molar refractivity (Wildman–Crippen MR) is 112 cm³/mol. The number of fused-ring (bicyclic) bond motifs is 7. The molecule has 0 N–H and O–H groups in total. The van der Waals surface area contributed by atoms with E-state index in [4.69, 9.17) is 4.74 Å². The maximum atomic E-state index is 5.52. The second kappa shape index (κ2) is 6.16. The maximum Gasteiger partial charge on any atom is 0.114 e. The van der Waals surface area contributed by atoms with Crippen molar-refractivity contribution in [3.63, 3.8) is 0 Å². The van der Waals surface area contributed by atoms with Crippen LogP contribution in [0.25, 0.3) is 11.1 Å². The van der Waals surface area contributed by atoms with Gasteiger partial charge in [-0.25, -0.2) is 0 Å². The lowest BCUT2D eigenvalue weighted by Gasteiger charge is -2.26. The van der Waals surface area contributed by atoms with Crippen LogP contribution in [0.5, 0.6) is 0 Å². The van der Waals surface area contributed by atoms with Gasteiger partial charge >= 0.3 is 0 Å². The quantitative estimate of drug-likeness (QED) is 0.319. The fourth-order valence-electron chi connectivity index (χ4n) is 3.83. The summed E-state index contributed by atoms with van der Waals surface area (Å²) in [5, 5.41) is 0. The van der Waals surface area contributed by atoms with E-state index < -0.39 is 0 Å². The standard InChI is InChI=1S/C12H8O.C12H8S2/c1-2-4-8-7(3-1)9-5-6-10-12(13-10)11(8)9;1-2-6-10-9(5-1)13-11-7-3-4-8-12(11)14-10/h1-6,10,12H;1-8H. The van der Waals surface area contributed by atoms with Crippen LogP contribution in [0.1, 0.15) is 11.1 Å². The van der Waals surface area contributed by atoms with Crippen LogP contribution >= 0.6 is 23.5 Å². The van der Waals surface area contributed by atoms with Gasteiger partial charge < -0.3 is 4.74 Å². The van der Waals surface area contributed by atoms with E-state index in [9.17, 15) is 0 Å². The van der Waals surface area contributed by atoms with Crippen LogP contribution in [-0.4, -0.2) is 12.2 Å². The van der Waals surface area contributed by atoms with Crippen molar-refractivity contribution < 1.29 is 4.74 Å². The number of epoxide rings is 1. The lowest BCUT2D eigenvalue weighted by atomic mass is 9.76. The van der Waals surface area contributed by atoms with Gasteiger partial charge in [0, 0.05) is 19.6 Å². The van der Waals surface area contributed by atoms with Crippen molar-refractivity contribution in [3.05, 3.63) is 96.1 Å². The Morgan fingerprint density at radius 1 is 0.630 bits per heavy atom. The van der Waals surface area contributed by atoms with Gasteiger partial charge in [0.1, 0.15) is 12.2 Å². The molecular formula is C24H16OS2. The molecular weight excluding hydrogens is 368 g/mol. The van der Waals surface area contributed by atoms with Crippen LogP contribution in [-0.2, 0) is 4.74 Å². The zero-order chi connectivity index (χ0) is 17.8. The highest BCUT2D eigenvalue weighted by Crippen LogP contribution is 2.52. The largest absolute Gasteiger partial charge is 0.360 e. The Bertz CT molecular complexity index is 1040. The first kappa shape index (κ1) is 15.8. The Labute approximate surface area is 167 Å². The number of allylic oxidation sites excluding steroid dienone is 2. The molecule has 3 aromatic rings. The van der Waals surface area contributed by atoms with Gasteiger partial charge in [0.2, 0.25) is 0 Å². The monoisotopic (exact) mass is 384 g/mol. The van der Waals surface area contributed by atoms with E-state index in [1.54, 1.807) is 0 Å². The van der Waals surface area contributed by atoms with Crippen LogP contribution in [0.2, 0.25) is 0 Å². The number of hydrogen-bond donors (Lipinski definition) is 0. The summed E-state index contributed by atoms with van der Waals surface area (Å²) >= 11 is 3.72. The maximum absolute atomic E-state index is 5.52. The molecule has 3 aromatic carbocycles. The Balaban J connectivity index is 0.000000109. The molecule has 1 nitrogen and oxygen atoms in total. The zero-order valence-corrected chi connectivity index (χ0v) is 16.1. The average molecular weight is 385 g/mol. The third-order valence-corrected chi connectivity index (χ3v) is 7.76. The lowest BCUT2D eigenvalue weighted by molar-refractivity contribution is 0.418. The molecule has 0 spiro atoms. The normalized spacial score (nSPS) is 22.1. The van der Waals surface area contributed by atoms with Crippen molar-refractivity contribution in [2.75, 3.05) is 0 Å². The molecule has 2 aliphatic carbocycles. The van der Waals surface area contributed by atoms with Gasteiger partial charge in [0.15, 0.2) is 0 Å². The lowest BCUT2D eigenvalue weighted by Crippen LogP contribution is -2.13. The van der Waals surface area contributed by atoms with Gasteiger partial charge in [-0.3, -0.25) is 0 Å². The first-order chi connectivity index (χ1) is 13.4. The molecule has 0 amide bonds. The van der Waals surface area contributed by atoms with Crippen LogP contribution in [0, 0.1) is 0 Å². The first-order valence-corrected chi connectivity index (χ1v) is 10.7. The van der Waals surface area contributed by atoms with Crippen molar-refractivity contribution in [2.45, 2.75) is 31.8 Å². The summed E-state index contributed by atoms with van der Waals surface area (Å²) in [5.74, 6) is 0. The van der Waals surface area contributed by atoms with E-state index in [-0.39, 0.29) is 0 Å². The summed E-state index contributed by atoms with van der Waals surface area (Å²) in [7, 11) is 0. The average Bonchev–Trinajstić information content (AvgIpc) is 3.48. The van der Waals surface area contributed by atoms with Crippen LogP contribution < -0.4 is 0 Å². The molecule has 1 fully saturated rings. The minimum atomic E-state index is 0.382. The molecule has 7 rings (SSSR count). The summed E-state index contributed by atoms with van der Waals surface area (Å²) in [5.41, 5.74) is 5.62. The van der Waals surface area contributed by atoms with E-state index in [0.29, 0.717) is 12.2 Å². The molecule has 2 unspecified atom stereocenters. The van der Waals surface area contributed by atoms with Crippen molar-refractivity contribution >= 4 is 34.7 Å². The van der Waals surface area contributed by atoms with Crippen LogP contribution in [0.4, 0.5) is 0 Å². The van der Waals surface area contributed by atoms with Gasteiger partial charge in [0.05, 0.1) is 0 Å². The third-order valence-electron chi connectivity index (χ3n) is 5.20. The van der Waals surface area contributed by atoms with Crippen LogP contribution in [0.3, 0.4) is 0 Å². The molecule has 2 atom stereocenters. The highest BCUT2D eigenvalue weighted by Gasteiger charge is 2.47. The fraction of sp³-hybridized carbons (Fsp3) is 0.0833. The summed E-state index contributed by atoms with van der Waals surface area (Å²) in [6.07, 6.45) is 5.13. The second-order valence-electron chi connectivity index (χ2n) is 6.85. The molecule has 1 saturated heterocycles. The first-order valence-electron chi connectivity index (χ1n) is 9.10. The summed E-state index contributed by atoms with van der Waals surface area (Å²) in [6.45, 7) is 0. The minimum Gasteiger partial charge on any atom is -0.360 e. The number of hydrogen-bond acceptors (Lipinski definition) is 3. The van der Waals surface area contributed by atoms with Gasteiger partial charge in [0.25, 0.3) is 0 Å². The molecule has 0 aromatic heterocycles. The third kappa shape index (κ3) is 2.61. The number of benzene rings is 3. The minimum absolute atomic E-state index is 0.382. The van der Waals surface area contributed by atoms with E-state index in [2.05, 4.69) is 84.9 Å². The SMILES string of the molecule is C1=CC2OC2C2=C1c1ccccc12.c1ccc2c(c1)Sc1ccccc1S2. The summed E-state index contributed by atoms with van der Waals surface area (Å²) < 4.78 is 5.52. The van der Waals surface area contributed by atoms with Gasteiger partial charge in [-0.15, -0.1) is 0 Å². The molecule has 2 heterocycles. The smallest absolute Gasteiger partial charge is 0.114 e. The van der Waals surface area contributed by atoms with Crippen molar-refractivity contribution in [3.8, 4) is 0 Å². The van der Waals surface area contributed by atoms with Crippen molar-refractivity contribution in [2.24, 2.45) is 0 Å². The van der Waals surface area contributed by atoms with Crippen molar-refractivity contribution in [1.29, 1.82) is 0 Å². The molecule has 0 bridgehead atoms. The zero-order valence-electron chi connectivity index (χ0n) is 14.5. The fourth-order valence-corrected chi connectivity index (χ4v) is 6.07. The molecule has 130 valence electrons. The van der Waals surface area contributed by atoms with Crippen LogP contribution in [0.15, 0.2) is 105 Å². The highest BCUT2D eigenvalue weighted by atomic mass is 32.2. The molecule has 0 radical (unpaired) electrons. The second-order valence-corrected chi connectivity index (χ2v) is 9.02. The summed E-state index contributed by atoms with van der Waals surface area (Å²) in [6, 6.07) is 25.7. The van der Waals surface area contributed by atoms with E-state index in [1.807, 2.05) is 23.5 Å². The number of ether oxygens (including phenoxy) is 1.